The van der Waals surface area contributed by atoms with Crippen molar-refractivity contribution in [2.24, 2.45) is 0 Å². The van der Waals surface area contributed by atoms with Crippen LogP contribution in [-0.2, 0) is 4.79 Å². The Balaban J connectivity index is 2.12. The fraction of sp³-hybridized carbons (Fsp3) is 0.200. The van der Waals surface area contributed by atoms with Crippen molar-refractivity contribution in [2.45, 2.75) is 6.92 Å². The van der Waals surface area contributed by atoms with E-state index in [1.807, 2.05) is 37.4 Å². The molecule has 0 unspecified atom stereocenters. The molecule has 0 aliphatic rings. The monoisotopic (exact) mass is 321 g/mol. The number of benzene rings is 1. The van der Waals surface area contributed by atoms with E-state index in [1.165, 1.54) is 6.08 Å². The van der Waals surface area contributed by atoms with Gasteiger partial charge in [0.05, 0.1) is 22.1 Å². The van der Waals surface area contributed by atoms with Gasteiger partial charge in [-0.15, -0.1) is 11.3 Å². The number of anilines is 2. The van der Waals surface area contributed by atoms with Gasteiger partial charge in [-0.1, -0.05) is 11.6 Å². The number of aromatic nitrogens is 1. The minimum absolute atomic E-state index is 0.217. The third-order valence-corrected chi connectivity index (χ3v) is 3.77. The van der Waals surface area contributed by atoms with Crippen LogP contribution in [0.3, 0.4) is 0 Å². The van der Waals surface area contributed by atoms with Crippen LogP contribution in [0.15, 0.2) is 29.7 Å². The number of aryl methyl sites for hydroxylation is 1. The predicted octanol–water partition coefficient (Wildman–Crippen LogP) is 3.82. The van der Waals surface area contributed by atoms with Crippen LogP contribution in [-0.4, -0.2) is 25.0 Å². The van der Waals surface area contributed by atoms with Crippen molar-refractivity contribution in [3.63, 3.8) is 0 Å². The maximum Gasteiger partial charge on any atom is 0.248 e. The number of halogens is 1. The summed E-state index contributed by atoms with van der Waals surface area (Å²) in [6.45, 7) is 1.93. The van der Waals surface area contributed by atoms with E-state index in [-0.39, 0.29) is 5.91 Å². The van der Waals surface area contributed by atoms with Crippen molar-refractivity contribution < 1.29 is 4.79 Å². The number of amides is 1. The molecular weight excluding hydrogens is 306 g/mol. The second-order valence-corrected chi connectivity index (χ2v) is 6.17. The van der Waals surface area contributed by atoms with Crippen LogP contribution in [0.1, 0.15) is 10.7 Å². The first-order valence-electron chi connectivity index (χ1n) is 6.34. The van der Waals surface area contributed by atoms with E-state index in [2.05, 4.69) is 10.3 Å². The second kappa shape index (κ2) is 6.74. The van der Waals surface area contributed by atoms with Gasteiger partial charge in [-0.05, 0) is 31.2 Å². The van der Waals surface area contributed by atoms with Gasteiger partial charge in [-0.25, -0.2) is 4.98 Å². The lowest BCUT2D eigenvalue weighted by atomic mass is 10.2. The van der Waals surface area contributed by atoms with Crippen LogP contribution in [0, 0.1) is 6.92 Å². The second-order valence-electron chi connectivity index (χ2n) is 4.67. The van der Waals surface area contributed by atoms with E-state index in [1.54, 1.807) is 29.5 Å². The van der Waals surface area contributed by atoms with E-state index in [0.29, 0.717) is 10.7 Å². The third-order valence-electron chi connectivity index (χ3n) is 2.74. The molecule has 0 spiro atoms. The summed E-state index contributed by atoms with van der Waals surface area (Å²) in [6.07, 6.45) is 3.16. The molecule has 6 heteroatoms. The van der Waals surface area contributed by atoms with Gasteiger partial charge in [0.2, 0.25) is 5.91 Å². The molecule has 1 N–H and O–H groups in total. The van der Waals surface area contributed by atoms with E-state index in [9.17, 15) is 4.79 Å². The molecule has 1 aromatic heterocycles. The first kappa shape index (κ1) is 15.5. The topological polar surface area (TPSA) is 45.2 Å². The van der Waals surface area contributed by atoms with Crippen molar-refractivity contribution in [3.8, 4) is 0 Å². The van der Waals surface area contributed by atoms with Gasteiger partial charge in [0, 0.05) is 30.6 Å². The quantitative estimate of drug-likeness (QED) is 0.871. The van der Waals surface area contributed by atoms with Gasteiger partial charge in [0.15, 0.2) is 0 Å². The van der Waals surface area contributed by atoms with Crippen molar-refractivity contribution in [1.29, 1.82) is 0 Å². The lowest BCUT2D eigenvalue weighted by Gasteiger charge is -2.17. The summed E-state index contributed by atoms with van der Waals surface area (Å²) >= 11 is 7.53. The SMILES string of the molecule is Cc1nc(/C=C/C(=O)Nc2cc(Cl)ccc2N(C)C)cs1. The highest BCUT2D eigenvalue weighted by Crippen LogP contribution is 2.27. The molecule has 0 saturated heterocycles. The normalized spacial score (nSPS) is 10.9. The molecule has 2 rings (SSSR count). The Labute approximate surface area is 133 Å². The smallest absolute Gasteiger partial charge is 0.248 e. The van der Waals surface area contributed by atoms with Crippen molar-refractivity contribution in [2.75, 3.05) is 24.3 Å². The Hall–Kier alpha value is -1.85. The number of hydrogen-bond donors (Lipinski definition) is 1. The molecule has 0 saturated carbocycles. The molecule has 0 aliphatic carbocycles. The summed E-state index contributed by atoms with van der Waals surface area (Å²) < 4.78 is 0. The zero-order valence-electron chi connectivity index (χ0n) is 12.1. The van der Waals surface area contributed by atoms with Gasteiger partial charge < -0.3 is 10.2 Å². The molecule has 0 bridgehead atoms. The Morgan fingerprint density at radius 1 is 1.43 bits per heavy atom. The molecule has 21 heavy (non-hydrogen) atoms. The molecule has 4 nitrogen and oxygen atoms in total. The molecule has 0 atom stereocenters. The number of nitrogens with zero attached hydrogens (tertiary/aromatic N) is 2. The van der Waals surface area contributed by atoms with Crippen LogP contribution < -0.4 is 10.2 Å². The Morgan fingerprint density at radius 2 is 2.19 bits per heavy atom. The Kier molecular flexibility index (Phi) is 4.98. The molecule has 0 radical (unpaired) electrons. The van der Waals surface area contributed by atoms with Crippen LogP contribution in [0.5, 0.6) is 0 Å². The zero-order chi connectivity index (χ0) is 15.4. The van der Waals surface area contributed by atoms with Gasteiger partial charge in [-0.2, -0.15) is 0 Å². The summed E-state index contributed by atoms with van der Waals surface area (Å²) in [4.78, 5) is 18.2. The fourth-order valence-corrected chi connectivity index (χ4v) is 2.54. The minimum atomic E-state index is -0.217. The van der Waals surface area contributed by atoms with E-state index in [4.69, 9.17) is 11.6 Å². The zero-order valence-corrected chi connectivity index (χ0v) is 13.6. The number of rotatable bonds is 4. The van der Waals surface area contributed by atoms with Gasteiger partial charge in [-0.3, -0.25) is 4.79 Å². The first-order valence-corrected chi connectivity index (χ1v) is 7.59. The Morgan fingerprint density at radius 3 is 2.81 bits per heavy atom. The molecule has 1 aromatic carbocycles. The standard InChI is InChI=1S/C15H16ClN3OS/c1-10-17-12(9-21-10)5-7-15(20)18-13-8-11(16)4-6-14(13)19(2)3/h4-9H,1-3H3,(H,18,20)/b7-5+. The van der Waals surface area contributed by atoms with Gasteiger partial charge in [0.1, 0.15) is 0 Å². The van der Waals surface area contributed by atoms with Crippen molar-refractivity contribution in [1.82, 2.24) is 4.98 Å². The average Bonchev–Trinajstić information content (AvgIpc) is 2.82. The largest absolute Gasteiger partial charge is 0.376 e. The maximum atomic E-state index is 12.0. The number of carbonyl (C=O) groups excluding carboxylic acids is 1. The fourth-order valence-electron chi connectivity index (χ4n) is 1.79. The molecule has 2 aromatic rings. The molecule has 0 fully saturated rings. The molecule has 110 valence electrons. The highest BCUT2D eigenvalue weighted by molar-refractivity contribution is 7.09. The first-order chi connectivity index (χ1) is 9.95. The summed E-state index contributed by atoms with van der Waals surface area (Å²) in [5.74, 6) is -0.217. The molecule has 0 aliphatic heterocycles. The van der Waals surface area contributed by atoms with Crippen LogP contribution in [0.25, 0.3) is 6.08 Å². The average molecular weight is 322 g/mol. The van der Waals surface area contributed by atoms with Crippen molar-refractivity contribution >= 4 is 46.3 Å². The van der Waals surface area contributed by atoms with Crippen LogP contribution in [0.4, 0.5) is 11.4 Å². The molecule has 1 amide bonds. The molecule has 1 heterocycles. The van der Waals surface area contributed by atoms with E-state index < -0.39 is 0 Å². The summed E-state index contributed by atoms with van der Waals surface area (Å²) in [6, 6.07) is 5.39. The van der Waals surface area contributed by atoms with Crippen LogP contribution >= 0.6 is 22.9 Å². The van der Waals surface area contributed by atoms with Gasteiger partial charge >= 0.3 is 0 Å². The van der Waals surface area contributed by atoms with Crippen LogP contribution in [0.2, 0.25) is 5.02 Å². The third kappa shape index (κ3) is 4.31. The number of carbonyl (C=O) groups is 1. The highest BCUT2D eigenvalue weighted by atomic mass is 35.5. The number of nitrogens with one attached hydrogen (secondary N) is 1. The van der Waals surface area contributed by atoms with E-state index >= 15 is 0 Å². The lowest BCUT2D eigenvalue weighted by Crippen LogP contribution is -2.15. The summed E-state index contributed by atoms with van der Waals surface area (Å²) in [5, 5.41) is 6.29. The van der Waals surface area contributed by atoms with Gasteiger partial charge in [0.25, 0.3) is 0 Å². The molecular formula is C15H16ClN3OS. The number of thiazole rings is 1. The maximum absolute atomic E-state index is 12.0. The summed E-state index contributed by atoms with van der Waals surface area (Å²) in [5.41, 5.74) is 2.36. The summed E-state index contributed by atoms with van der Waals surface area (Å²) in [7, 11) is 3.82. The Bertz CT molecular complexity index is 679. The number of hydrogen-bond acceptors (Lipinski definition) is 4. The van der Waals surface area contributed by atoms with E-state index in [0.717, 1.165) is 16.4 Å². The highest BCUT2D eigenvalue weighted by Gasteiger charge is 2.07. The lowest BCUT2D eigenvalue weighted by molar-refractivity contribution is -0.111. The van der Waals surface area contributed by atoms with Crippen molar-refractivity contribution in [3.05, 3.63) is 45.4 Å². The minimum Gasteiger partial charge on any atom is -0.376 e. The predicted molar refractivity (Wildman–Crippen MR) is 90.3 cm³/mol.